The van der Waals surface area contributed by atoms with Crippen molar-refractivity contribution in [3.63, 3.8) is 0 Å². The van der Waals surface area contributed by atoms with Gasteiger partial charge in [-0.3, -0.25) is 0 Å². The molecular weight excluding hydrogens is 340 g/mol. The van der Waals surface area contributed by atoms with Gasteiger partial charge in [0.1, 0.15) is 23.6 Å². The van der Waals surface area contributed by atoms with Gasteiger partial charge in [-0.25, -0.2) is 9.78 Å². The number of fused-ring (bicyclic) bond motifs is 1. The van der Waals surface area contributed by atoms with Gasteiger partial charge in [0.25, 0.3) is 0 Å². The fourth-order valence-corrected chi connectivity index (χ4v) is 2.89. The predicted octanol–water partition coefficient (Wildman–Crippen LogP) is 4.37. The van der Waals surface area contributed by atoms with Crippen molar-refractivity contribution in [2.45, 2.75) is 6.61 Å². The molecule has 0 aliphatic carbocycles. The first kappa shape index (κ1) is 16.8. The molecule has 5 heteroatoms. The summed E-state index contributed by atoms with van der Waals surface area (Å²) >= 11 is 0. The molecule has 2 aromatic heterocycles. The molecule has 0 N–H and O–H groups in total. The van der Waals surface area contributed by atoms with E-state index in [1.54, 1.807) is 12.1 Å². The fourth-order valence-electron chi connectivity index (χ4n) is 2.89. The van der Waals surface area contributed by atoms with E-state index in [2.05, 4.69) is 4.98 Å². The van der Waals surface area contributed by atoms with Gasteiger partial charge in [-0.2, -0.15) is 0 Å². The van der Waals surface area contributed by atoms with Gasteiger partial charge < -0.3 is 13.9 Å². The van der Waals surface area contributed by atoms with E-state index >= 15 is 0 Å². The normalized spacial score (nSPS) is 10.7. The average molecular weight is 358 g/mol. The van der Waals surface area contributed by atoms with Crippen LogP contribution in [-0.4, -0.2) is 22.5 Å². The molecule has 134 valence electrons. The summed E-state index contributed by atoms with van der Waals surface area (Å²) in [6.45, 7) is 0.374. The zero-order valence-corrected chi connectivity index (χ0v) is 14.8. The van der Waals surface area contributed by atoms with Gasteiger partial charge in [-0.1, -0.05) is 36.4 Å². The molecular formula is C22H18N2O3. The molecule has 0 spiro atoms. The number of rotatable bonds is 5. The zero-order valence-electron chi connectivity index (χ0n) is 14.8. The second-order valence-corrected chi connectivity index (χ2v) is 6.07. The Morgan fingerprint density at radius 1 is 1.04 bits per heavy atom. The van der Waals surface area contributed by atoms with Crippen molar-refractivity contribution < 1.29 is 14.3 Å². The molecule has 4 rings (SSSR count). The molecule has 0 unspecified atom stereocenters. The summed E-state index contributed by atoms with van der Waals surface area (Å²) in [6.07, 6.45) is 3.86. The molecule has 0 aliphatic rings. The van der Waals surface area contributed by atoms with E-state index in [-0.39, 0.29) is 0 Å². The first-order valence-electron chi connectivity index (χ1n) is 8.58. The second-order valence-electron chi connectivity index (χ2n) is 6.07. The summed E-state index contributed by atoms with van der Waals surface area (Å²) in [7, 11) is 1.36. The topological polar surface area (TPSA) is 52.8 Å². The van der Waals surface area contributed by atoms with Crippen LogP contribution in [0.2, 0.25) is 0 Å². The third-order valence-corrected chi connectivity index (χ3v) is 4.28. The van der Waals surface area contributed by atoms with Crippen LogP contribution in [0.25, 0.3) is 16.9 Å². The third kappa shape index (κ3) is 3.53. The maximum atomic E-state index is 12.3. The number of carbonyl (C=O) groups excluding carboxylic acids is 1. The summed E-state index contributed by atoms with van der Waals surface area (Å²) in [6, 6.07) is 21.1. The molecule has 0 bridgehead atoms. The van der Waals surface area contributed by atoms with E-state index in [9.17, 15) is 4.79 Å². The Balaban J connectivity index is 1.67. The average Bonchev–Trinajstić information content (AvgIpc) is 3.16. The zero-order chi connectivity index (χ0) is 18.6. The van der Waals surface area contributed by atoms with Gasteiger partial charge >= 0.3 is 5.97 Å². The number of benzene rings is 2. The quantitative estimate of drug-likeness (QED) is 0.497. The molecule has 27 heavy (non-hydrogen) atoms. The van der Waals surface area contributed by atoms with Crippen molar-refractivity contribution in [1.29, 1.82) is 0 Å². The second kappa shape index (κ2) is 7.33. The highest BCUT2D eigenvalue weighted by atomic mass is 16.5. The summed E-state index contributed by atoms with van der Waals surface area (Å²) in [5, 5.41) is 0. The van der Waals surface area contributed by atoms with Gasteiger partial charge in [0.15, 0.2) is 0 Å². The van der Waals surface area contributed by atoms with E-state index in [0.717, 1.165) is 22.5 Å². The standard InChI is InChI=1S/C22H18N2O3/c1-26-22(25)18-13-17(19-14-24-12-6-5-9-21(24)23-19)10-11-20(18)27-15-16-7-3-2-4-8-16/h2-14H,15H2,1H3. The largest absolute Gasteiger partial charge is 0.488 e. The number of nitrogens with zero attached hydrogens (tertiary/aromatic N) is 2. The minimum Gasteiger partial charge on any atom is -0.488 e. The lowest BCUT2D eigenvalue weighted by atomic mass is 10.1. The number of carbonyl (C=O) groups is 1. The van der Waals surface area contributed by atoms with E-state index in [0.29, 0.717) is 17.9 Å². The summed E-state index contributed by atoms with van der Waals surface area (Å²) < 4.78 is 12.7. The third-order valence-electron chi connectivity index (χ3n) is 4.28. The van der Waals surface area contributed by atoms with Crippen LogP contribution in [0.1, 0.15) is 15.9 Å². The van der Waals surface area contributed by atoms with Crippen molar-refractivity contribution in [2.24, 2.45) is 0 Å². The molecule has 0 fully saturated rings. The lowest BCUT2D eigenvalue weighted by molar-refractivity contribution is 0.0595. The Hall–Kier alpha value is -3.60. The summed E-state index contributed by atoms with van der Waals surface area (Å²) in [5.74, 6) is 0.0434. The van der Waals surface area contributed by atoms with Gasteiger partial charge in [0.05, 0.1) is 12.8 Å². The van der Waals surface area contributed by atoms with E-state index in [1.807, 2.05) is 71.4 Å². The Kier molecular flexibility index (Phi) is 4.58. The van der Waals surface area contributed by atoms with Crippen molar-refractivity contribution in [2.75, 3.05) is 7.11 Å². The molecule has 0 radical (unpaired) electrons. The lowest BCUT2D eigenvalue weighted by Crippen LogP contribution is -2.06. The van der Waals surface area contributed by atoms with Crippen LogP contribution in [-0.2, 0) is 11.3 Å². The highest BCUT2D eigenvalue weighted by Gasteiger charge is 2.16. The summed E-state index contributed by atoms with van der Waals surface area (Å²) in [4.78, 5) is 16.9. The van der Waals surface area contributed by atoms with Crippen LogP contribution in [0, 0.1) is 0 Å². The monoisotopic (exact) mass is 358 g/mol. The number of pyridine rings is 1. The number of hydrogen-bond donors (Lipinski definition) is 0. The molecule has 5 nitrogen and oxygen atoms in total. The molecule has 0 saturated heterocycles. The Morgan fingerprint density at radius 2 is 1.85 bits per heavy atom. The van der Waals surface area contributed by atoms with Crippen molar-refractivity contribution in [3.8, 4) is 17.0 Å². The highest BCUT2D eigenvalue weighted by molar-refractivity contribution is 5.94. The number of esters is 1. The van der Waals surface area contributed by atoms with Crippen LogP contribution in [0.4, 0.5) is 0 Å². The van der Waals surface area contributed by atoms with Crippen molar-refractivity contribution in [3.05, 3.63) is 90.3 Å². The van der Waals surface area contributed by atoms with E-state index < -0.39 is 5.97 Å². The lowest BCUT2D eigenvalue weighted by Gasteiger charge is -2.11. The van der Waals surface area contributed by atoms with Crippen molar-refractivity contribution >= 4 is 11.6 Å². The van der Waals surface area contributed by atoms with Crippen LogP contribution >= 0.6 is 0 Å². The number of aromatic nitrogens is 2. The molecule has 0 saturated carbocycles. The van der Waals surface area contributed by atoms with Gasteiger partial charge in [0.2, 0.25) is 0 Å². The van der Waals surface area contributed by atoms with E-state index in [1.165, 1.54) is 7.11 Å². The van der Waals surface area contributed by atoms with Gasteiger partial charge in [0, 0.05) is 18.0 Å². The van der Waals surface area contributed by atoms with Crippen LogP contribution in [0.15, 0.2) is 79.1 Å². The molecule has 4 aromatic rings. The SMILES string of the molecule is COC(=O)c1cc(-c2cn3ccccc3n2)ccc1OCc1ccccc1. The van der Waals surface area contributed by atoms with Gasteiger partial charge in [-0.05, 0) is 35.9 Å². The van der Waals surface area contributed by atoms with Crippen LogP contribution < -0.4 is 4.74 Å². The first-order valence-corrected chi connectivity index (χ1v) is 8.58. The number of ether oxygens (including phenoxy) is 2. The Labute approximate surface area is 156 Å². The van der Waals surface area contributed by atoms with Crippen LogP contribution in [0.5, 0.6) is 5.75 Å². The maximum Gasteiger partial charge on any atom is 0.341 e. The van der Waals surface area contributed by atoms with Crippen LogP contribution in [0.3, 0.4) is 0 Å². The van der Waals surface area contributed by atoms with Gasteiger partial charge in [-0.15, -0.1) is 0 Å². The van der Waals surface area contributed by atoms with E-state index in [4.69, 9.17) is 9.47 Å². The molecule has 2 aromatic carbocycles. The predicted molar refractivity (Wildman–Crippen MR) is 103 cm³/mol. The fraction of sp³-hybridized carbons (Fsp3) is 0.0909. The van der Waals surface area contributed by atoms with Crippen molar-refractivity contribution in [1.82, 2.24) is 9.38 Å². The highest BCUT2D eigenvalue weighted by Crippen LogP contribution is 2.28. The minimum absolute atomic E-state index is 0.374. The maximum absolute atomic E-state index is 12.3. The number of methoxy groups -OCH3 is 1. The number of imidazole rings is 1. The molecule has 0 aliphatic heterocycles. The number of hydrogen-bond acceptors (Lipinski definition) is 4. The molecule has 2 heterocycles. The minimum atomic E-state index is -0.441. The first-order chi connectivity index (χ1) is 13.2. The Morgan fingerprint density at radius 3 is 2.63 bits per heavy atom. The summed E-state index contributed by atoms with van der Waals surface area (Å²) in [5.41, 5.74) is 3.85. The Bertz CT molecular complexity index is 1050. The molecule has 0 atom stereocenters. The molecule has 0 amide bonds. The smallest absolute Gasteiger partial charge is 0.341 e.